The largest absolute Gasteiger partial charge is 0.489 e. The lowest BCUT2D eigenvalue weighted by molar-refractivity contribution is 0.116. The second-order valence-corrected chi connectivity index (χ2v) is 9.05. The van der Waals surface area contributed by atoms with E-state index in [9.17, 15) is 4.39 Å². The molecule has 0 amide bonds. The number of hydrogen-bond donors (Lipinski definition) is 1. The second kappa shape index (κ2) is 10.5. The first kappa shape index (κ1) is 23.3. The summed E-state index contributed by atoms with van der Waals surface area (Å²) in [5.41, 5.74) is 2.00. The first-order chi connectivity index (χ1) is 17.1. The number of rotatable bonds is 7. The highest BCUT2D eigenvalue weighted by atomic mass is 35.5. The molecule has 0 saturated carbocycles. The smallest absolute Gasteiger partial charge is 0.145 e. The quantitative estimate of drug-likeness (QED) is 0.330. The predicted octanol–water partition coefficient (Wildman–Crippen LogP) is 6.22. The highest BCUT2D eigenvalue weighted by Gasteiger charge is 2.20. The average Bonchev–Trinajstić information content (AvgIpc) is 2.86. The lowest BCUT2D eigenvalue weighted by atomic mass is 10.1. The third-order valence-corrected chi connectivity index (χ3v) is 6.41. The molecule has 0 spiro atoms. The van der Waals surface area contributed by atoms with E-state index in [1.807, 2.05) is 24.3 Å². The van der Waals surface area contributed by atoms with E-state index in [1.165, 1.54) is 12.4 Å². The third kappa shape index (κ3) is 5.47. The predicted molar refractivity (Wildman–Crippen MR) is 136 cm³/mol. The van der Waals surface area contributed by atoms with Crippen molar-refractivity contribution in [3.05, 3.63) is 83.4 Å². The van der Waals surface area contributed by atoms with Crippen LogP contribution in [0.2, 0.25) is 5.02 Å². The molecule has 0 aliphatic carbocycles. The first-order valence-corrected chi connectivity index (χ1v) is 12.0. The van der Waals surface area contributed by atoms with Gasteiger partial charge in [-0.05, 0) is 56.3 Å². The number of likely N-dealkylation sites (tertiary alicyclic amines) is 1. The summed E-state index contributed by atoms with van der Waals surface area (Å²) in [5.74, 6) is 1.56. The maximum absolute atomic E-state index is 13.9. The van der Waals surface area contributed by atoms with Gasteiger partial charge in [0.15, 0.2) is 0 Å². The molecule has 0 unspecified atom stereocenters. The highest BCUT2D eigenvalue weighted by Crippen LogP contribution is 2.35. The van der Waals surface area contributed by atoms with E-state index < -0.39 is 0 Å². The van der Waals surface area contributed by atoms with Crippen LogP contribution in [0.25, 0.3) is 10.9 Å². The summed E-state index contributed by atoms with van der Waals surface area (Å²) in [4.78, 5) is 11.2. The summed E-state index contributed by atoms with van der Waals surface area (Å²) >= 11 is 6.47. The van der Waals surface area contributed by atoms with Crippen LogP contribution in [0, 0.1) is 5.82 Å². The van der Waals surface area contributed by atoms with Crippen molar-refractivity contribution in [1.82, 2.24) is 14.9 Å². The van der Waals surface area contributed by atoms with E-state index in [-0.39, 0.29) is 18.5 Å². The van der Waals surface area contributed by atoms with Gasteiger partial charge in [-0.1, -0.05) is 35.9 Å². The zero-order chi connectivity index (χ0) is 24.2. The molecule has 1 aliphatic rings. The molecule has 0 bridgehead atoms. The van der Waals surface area contributed by atoms with Gasteiger partial charge in [-0.3, -0.25) is 0 Å². The molecular weight excluding hydrogens is 467 g/mol. The fourth-order valence-corrected chi connectivity index (χ4v) is 4.39. The van der Waals surface area contributed by atoms with Crippen LogP contribution in [0.15, 0.2) is 67.0 Å². The summed E-state index contributed by atoms with van der Waals surface area (Å²) < 4.78 is 26.0. The van der Waals surface area contributed by atoms with Crippen molar-refractivity contribution in [2.45, 2.75) is 25.6 Å². The van der Waals surface area contributed by atoms with E-state index in [1.54, 1.807) is 30.3 Å². The summed E-state index contributed by atoms with van der Waals surface area (Å²) in [6.45, 7) is 2.12. The summed E-state index contributed by atoms with van der Waals surface area (Å²) in [6, 6.07) is 17.7. The molecule has 0 radical (unpaired) electrons. The van der Waals surface area contributed by atoms with Crippen molar-refractivity contribution in [1.29, 1.82) is 0 Å². The van der Waals surface area contributed by atoms with Crippen molar-refractivity contribution in [2.75, 3.05) is 25.5 Å². The number of nitrogens with one attached hydrogen (secondary N) is 1. The Bertz CT molecular complexity index is 1320. The number of piperidine rings is 1. The van der Waals surface area contributed by atoms with Crippen molar-refractivity contribution < 1.29 is 13.9 Å². The van der Waals surface area contributed by atoms with Crippen LogP contribution in [0.1, 0.15) is 18.4 Å². The van der Waals surface area contributed by atoms with Gasteiger partial charge in [0.1, 0.15) is 42.2 Å². The Morgan fingerprint density at radius 2 is 1.86 bits per heavy atom. The van der Waals surface area contributed by atoms with Crippen molar-refractivity contribution in [3.8, 4) is 11.5 Å². The Morgan fingerprint density at radius 3 is 2.66 bits per heavy atom. The van der Waals surface area contributed by atoms with Gasteiger partial charge in [0, 0.05) is 24.3 Å². The maximum Gasteiger partial charge on any atom is 0.145 e. The number of benzene rings is 3. The third-order valence-electron chi connectivity index (χ3n) is 6.12. The Hall–Kier alpha value is -3.42. The number of anilines is 2. The topological polar surface area (TPSA) is 59.5 Å². The highest BCUT2D eigenvalue weighted by molar-refractivity contribution is 6.32. The molecule has 1 N–H and O–H groups in total. The molecule has 5 rings (SSSR count). The lowest BCUT2D eigenvalue weighted by Gasteiger charge is -2.29. The fraction of sp³-hybridized carbons (Fsp3) is 0.259. The van der Waals surface area contributed by atoms with Crippen LogP contribution in [-0.2, 0) is 6.61 Å². The number of hydrogen-bond acceptors (Lipinski definition) is 6. The molecular formula is C27H26ClFN4O2. The van der Waals surface area contributed by atoms with Gasteiger partial charge in [-0.15, -0.1) is 0 Å². The molecule has 1 fully saturated rings. The number of halogens is 2. The molecule has 1 aliphatic heterocycles. The zero-order valence-electron chi connectivity index (χ0n) is 19.4. The van der Waals surface area contributed by atoms with Gasteiger partial charge in [0.2, 0.25) is 0 Å². The number of fused-ring (bicyclic) bond motifs is 1. The maximum atomic E-state index is 13.9. The van der Waals surface area contributed by atoms with Crippen LogP contribution in [0.5, 0.6) is 11.5 Å². The molecule has 4 aromatic rings. The van der Waals surface area contributed by atoms with E-state index in [2.05, 4.69) is 27.2 Å². The van der Waals surface area contributed by atoms with Crippen LogP contribution in [0.3, 0.4) is 0 Å². The van der Waals surface area contributed by atoms with Crippen molar-refractivity contribution in [3.63, 3.8) is 0 Å². The van der Waals surface area contributed by atoms with Gasteiger partial charge in [-0.25, -0.2) is 14.4 Å². The molecule has 8 heteroatoms. The van der Waals surface area contributed by atoms with Gasteiger partial charge < -0.3 is 19.7 Å². The van der Waals surface area contributed by atoms with E-state index in [0.29, 0.717) is 22.2 Å². The number of nitrogens with zero attached hydrogens (tertiary/aromatic N) is 3. The van der Waals surface area contributed by atoms with E-state index in [0.717, 1.165) is 48.3 Å². The monoisotopic (exact) mass is 492 g/mol. The molecule has 180 valence electrons. The molecule has 3 aromatic carbocycles. The molecule has 6 nitrogen and oxygen atoms in total. The fourth-order valence-electron chi connectivity index (χ4n) is 4.16. The van der Waals surface area contributed by atoms with Crippen molar-refractivity contribution in [2.24, 2.45) is 0 Å². The molecule has 2 heterocycles. The SMILES string of the molecule is CN1CCC(Oc2cccc3ncnc(Nc4ccc(OCc5ccccc5F)c(Cl)c4)c23)CC1. The Labute approximate surface area is 208 Å². The van der Waals surface area contributed by atoms with Gasteiger partial charge in [0.05, 0.1) is 15.9 Å². The lowest BCUT2D eigenvalue weighted by Crippen LogP contribution is -2.35. The van der Waals surface area contributed by atoms with E-state index >= 15 is 0 Å². The van der Waals surface area contributed by atoms with Crippen LogP contribution in [-0.4, -0.2) is 41.1 Å². The first-order valence-electron chi connectivity index (χ1n) is 11.6. The van der Waals surface area contributed by atoms with Gasteiger partial charge in [-0.2, -0.15) is 0 Å². The van der Waals surface area contributed by atoms with Gasteiger partial charge >= 0.3 is 0 Å². The van der Waals surface area contributed by atoms with Crippen molar-refractivity contribution >= 4 is 34.0 Å². The average molecular weight is 493 g/mol. The van der Waals surface area contributed by atoms with Crippen LogP contribution < -0.4 is 14.8 Å². The minimum atomic E-state index is -0.309. The van der Waals surface area contributed by atoms with Crippen LogP contribution >= 0.6 is 11.6 Å². The summed E-state index contributed by atoms with van der Waals surface area (Å²) in [7, 11) is 2.13. The second-order valence-electron chi connectivity index (χ2n) is 8.64. The minimum Gasteiger partial charge on any atom is -0.489 e. The number of ether oxygens (including phenoxy) is 2. The zero-order valence-corrected chi connectivity index (χ0v) is 20.1. The minimum absolute atomic E-state index is 0.0906. The standard InChI is InChI=1S/C27H26ClFN4O2/c1-33-13-11-20(12-14-33)35-25-8-4-7-23-26(25)27(31-17-30-23)32-19-9-10-24(21(28)15-19)34-16-18-5-2-3-6-22(18)29/h2-10,15,17,20H,11-14,16H2,1H3,(H,30,31,32). The summed E-state index contributed by atoms with van der Waals surface area (Å²) in [6.07, 6.45) is 3.64. The molecule has 35 heavy (non-hydrogen) atoms. The summed E-state index contributed by atoms with van der Waals surface area (Å²) in [5, 5.41) is 4.58. The van der Waals surface area contributed by atoms with Crippen LogP contribution in [0.4, 0.5) is 15.9 Å². The Kier molecular flexibility index (Phi) is 6.97. The Morgan fingerprint density at radius 1 is 1.03 bits per heavy atom. The van der Waals surface area contributed by atoms with Gasteiger partial charge in [0.25, 0.3) is 0 Å². The van der Waals surface area contributed by atoms with E-state index in [4.69, 9.17) is 21.1 Å². The number of aromatic nitrogens is 2. The Balaban J connectivity index is 1.35. The normalized spacial score (nSPS) is 14.7. The molecule has 1 saturated heterocycles. The molecule has 0 atom stereocenters. The molecule has 1 aromatic heterocycles.